The summed E-state index contributed by atoms with van der Waals surface area (Å²) in [5.74, 6) is -11.8. The molecule has 0 bridgehead atoms. The third-order valence-electron chi connectivity index (χ3n) is 27.5. The molecule has 9 fully saturated rings. The molecule has 0 radical (unpaired) electrons. The van der Waals surface area contributed by atoms with Gasteiger partial charge in [0.25, 0.3) is 17.7 Å². The number of amides is 15. The van der Waals surface area contributed by atoms with Gasteiger partial charge in [0.05, 0.1) is 24.2 Å². The van der Waals surface area contributed by atoms with E-state index in [1.54, 1.807) is 152 Å². The number of fused-ring (bicyclic) bond motifs is 3. The van der Waals surface area contributed by atoms with Crippen LogP contribution in [0.1, 0.15) is 250 Å². The van der Waals surface area contributed by atoms with Gasteiger partial charge in [-0.25, -0.2) is 28.8 Å². The van der Waals surface area contributed by atoms with Crippen molar-refractivity contribution >= 4 is 130 Å². The van der Waals surface area contributed by atoms with Crippen LogP contribution >= 0.6 is 23.2 Å². The third-order valence-corrected chi connectivity index (χ3v) is 28.5. The molecule has 6 aliphatic carbocycles. The summed E-state index contributed by atoms with van der Waals surface area (Å²) in [6.07, 6.45) is 6.95. The van der Waals surface area contributed by atoms with E-state index in [1.165, 1.54) is 14.7 Å². The Morgan fingerprint density at radius 3 is 1.00 bits per heavy atom. The predicted octanol–water partition coefficient (Wildman–Crippen LogP) is 7.00. The van der Waals surface area contributed by atoms with Gasteiger partial charge in [0.15, 0.2) is 0 Å². The lowest BCUT2D eigenvalue weighted by atomic mass is 9.80. The molecule has 3 saturated heterocycles. The summed E-state index contributed by atoms with van der Waals surface area (Å²) in [4.78, 5) is 240. The largest absolute Gasteiger partial charge is 0.461 e. The number of ether oxygens (including phenoxy) is 3. The lowest BCUT2D eigenvalue weighted by Gasteiger charge is -2.38. The highest BCUT2D eigenvalue weighted by Crippen LogP contribution is 2.67. The molecule has 1 aromatic carbocycles. The zero-order chi connectivity index (χ0) is 101. The molecule has 15 N–H and O–H groups in total. The number of hydrogen-bond acceptors (Lipinski definition) is 21. The monoisotopic (exact) mass is 1920 g/mol. The number of likely N-dealkylation sites (tertiary alicyclic amines) is 3. The molecule has 3 unspecified atom stereocenters. The Morgan fingerprint density at radius 2 is 0.709 bits per heavy atom. The van der Waals surface area contributed by atoms with Crippen LogP contribution in [0.2, 0.25) is 0 Å². The first kappa shape index (κ1) is 110. The summed E-state index contributed by atoms with van der Waals surface area (Å²) in [7, 11) is 0. The fraction of sp³-hybridized carbons (Fsp3) is 0.750. The molecular weight excluding hydrogens is 1770 g/mol. The smallest absolute Gasteiger partial charge is 0.329 e. The number of urea groups is 3. The van der Waals surface area contributed by atoms with Crippen molar-refractivity contribution in [3.8, 4) is 0 Å². The predicted molar refractivity (Wildman–Crippen MR) is 498 cm³/mol. The van der Waals surface area contributed by atoms with Gasteiger partial charge in [0.1, 0.15) is 70.9 Å². The molecule has 3 heterocycles. The number of esters is 3. The van der Waals surface area contributed by atoms with Gasteiger partial charge in [-0.1, -0.05) is 221 Å². The van der Waals surface area contributed by atoms with Gasteiger partial charge in [0.2, 0.25) is 52.8 Å². The van der Waals surface area contributed by atoms with Crippen molar-refractivity contribution in [2.45, 2.75) is 339 Å². The van der Waals surface area contributed by atoms with E-state index in [1.807, 2.05) is 58.0 Å². The highest BCUT2D eigenvalue weighted by molar-refractivity contribution is 6.51. The lowest BCUT2D eigenvalue weighted by molar-refractivity contribution is -0.160. The topological polar surface area (TPSA) is 531 Å². The Bertz CT molecular complexity index is 4620. The van der Waals surface area contributed by atoms with Crippen LogP contribution in [0, 0.1) is 97.1 Å². The maximum Gasteiger partial charge on any atom is 0.329 e. The molecule has 0 aromatic heterocycles. The second-order valence-electron chi connectivity index (χ2n) is 46.5. The number of rotatable bonds is 34. The second kappa shape index (κ2) is 41.7. The van der Waals surface area contributed by atoms with Crippen LogP contribution in [0.3, 0.4) is 0 Å². The minimum absolute atomic E-state index is 0.0457. The highest BCUT2D eigenvalue weighted by Gasteiger charge is 2.75. The lowest BCUT2D eigenvalue weighted by Crippen LogP contribution is -2.63. The molecule has 38 heteroatoms. The number of alkyl halides is 2. The zero-order valence-corrected chi connectivity index (χ0v) is 84.5. The van der Waals surface area contributed by atoms with Gasteiger partial charge >= 0.3 is 36.0 Å². The minimum Gasteiger partial charge on any atom is -0.461 e. The SMILES string of the molecule is CC(C)(C)OC(=O)[C@@H](NC(=O)N[C@H](C(=O)N1C[C@H]2[C@@H]([C@H]1C(=O)NC(CC1CC1)C(=O)C(N)=O)C2(Cl)Cl)C(C)(C)C)C(C)(C)C.CC(C)OC(=O)[C@H](NC(=O)N[C@H](C(=O)N1C[C@H]2[C@@H]([C@H]1C(=O)NC(CC1CCC1)C(=O)C(N)=O)C2(C)C)C(C)(C)C)C(C)(C)C.CC(C)[C@H](NC(=O)N[C@H](C(=O)N1C[C@H]2[C@@H]([C@H]1C(=O)NC(CC1CC1)C(=O)C(N)=O)C2(C)C)C(C)(C)C)C(=O)OCc1ccccc1. The van der Waals surface area contributed by atoms with Crippen LogP contribution in [0.25, 0.3) is 0 Å². The number of carbonyl (C=O) groups excluding carboxylic acids is 18. The number of Topliss-reactive ketones (excluding diaryl/α,β-unsaturated/α-hetero) is 3. The third kappa shape index (κ3) is 27.4. The van der Waals surface area contributed by atoms with Crippen molar-refractivity contribution in [3.63, 3.8) is 0 Å². The van der Waals surface area contributed by atoms with E-state index in [0.717, 1.165) is 50.5 Å². The number of halogens is 2. The fourth-order valence-electron chi connectivity index (χ4n) is 18.8. The first-order valence-corrected chi connectivity index (χ1v) is 47.7. The zero-order valence-electron chi connectivity index (χ0n) is 83.0. The molecule has 36 nitrogen and oxygen atoms in total. The summed E-state index contributed by atoms with van der Waals surface area (Å²) in [6, 6.07) is -5.36. The molecule has 10 rings (SSSR count). The number of benzene rings is 1. The first-order valence-electron chi connectivity index (χ1n) is 46.9. The Labute approximate surface area is 797 Å². The molecule has 3 aliphatic heterocycles. The van der Waals surface area contributed by atoms with Crippen LogP contribution in [0.15, 0.2) is 30.3 Å². The Morgan fingerprint density at radius 1 is 0.403 bits per heavy atom. The summed E-state index contributed by atoms with van der Waals surface area (Å²) in [5.41, 5.74) is 11.7. The van der Waals surface area contributed by atoms with E-state index in [2.05, 4.69) is 47.9 Å². The molecule has 15 amide bonds. The van der Waals surface area contributed by atoms with Gasteiger partial charge in [-0.15, -0.1) is 23.2 Å². The second-order valence-corrected chi connectivity index (χ2v) is 47.9. The Balaban J connectivity index is 0.000000247. The van der Waals surface area contributed by atoms with Crippen LogP contribution in [-0.2, 0) is 92.7 Å². The van der Waals surface area contributed by atoms with E-state index < -0.39 is 228 Å². The molecule has 9 aliphatic rings. The summed E-state index contributed by atoms with van der Waals surface area (Å²) < 4.78 is 15.1. The minimum atomic E-state index is -1.26. The van der Waals surface area contributed by atoms with Crippen LogP contribution < -0.4 is 65.1 Å². The van der Waals surface area contributed by atoms with Gasteiger partial charge in [-0.2, -0.15) is 0 Å². The van der Waals surface area contributed by atoms with Crippen molar-refractivity contribution in [2.75, 3.05) is 19.6 Å². The number of nitrogens with zero attached hydrogens (tertiary/aromatic N) is 3. The number of ketones is 3. The van der Waals surface area contributed by atoms with Crippen LogP contribution in [0.4, 0.5) is 14.4 Å². The Kier molecular flexibility index (Phi) is 34.1. The molecule has 1 aromatic rings. The van der Waals surface area contributed by atoms with Crippen LogP contribution in [-0.4, -0.2) is 229 Å². The van der Waals surface area contributed by atoms with E-state index in [-0.39, 0.29) is 83.8 Å². The molecule has 0 spiro atoms. The molecular formula is C96H149Cl2N15O21. The quantitative estimate of drug-likeness (QED) is 0.0143. The van der Waals surface area contributed by atoms with Crippen molar-refractivity contribution in [1.29, 1.82) is 0 Å². The molecule has 748 valence electrons. The molecule has 134 heavy (non-hydrogen) atoms. The first-order chi connectivity index (χ1) is 61.4. The number of carbonyl (C=O) groups is 18. The maximum atomic E-state index is 14.2. The standard InChI is InChI=1S/C34H49N5O7.C32H53N5O7.C30H47Cl2N5O7/c1-18(2)24(31(44)46-17-20-11-9-8-10-12-20)37-32(45)38-27(33(3,4)5)30(43)39-16-21-23(34(21,6)7)25(39)29(42)36-22(15-19-13-14-19)26(40)28(35)41;1-16(2)44-28(42)24(31(6,7)8)36-29(43)35-23(30(3,4)5)27(41)37-15-18-20(32(18,9)10)21(37)26(40)34-19(22(38)25(33)39)14-17-12-11-13-17;1-27(2,3)20(35-26(43)36-21(28(4,5)6)25(42)44-29(7,8)9)24(41)37-13-15-17(30(15,31)32)18(37)23(40)34-16(12-14-10-11-14)19(38)22(33)39/h8-12,18-19,21-25,27H,13-17H2,1-7H3,(H2,35,41)(H,36,42)(H2,37,38,45);16-21,23-24H,11-15H2,1-10H3,(H2,33,39)(H,34,40)(H2,35,36,43);14-18,20-21H,10-13H2,1-9H3,(H2,33,39)(H,34,40)(H2,35,36,43)/t21-,22?,23-,24-,25-,27+;18-,19?,20-,21-,23+,24-;15-,16?,17-,18-,20+,21+/m000/s1. The fourth-order valence-corrected chi connectivity index (χ4v) is 19.6. The average Bonchev–Trinajstić information content (AvgIpc) is 1.53. The van der Waals surface area contributed by atoms with Crippen molar-refractivity contribution in [1.82, 2.24) is 62.6 Å². The molecule has 6 saturated carbocycles. The van der Waals surface area contributed by atoms with Gasteiger partial charge in [-0.05, 0) is 145 Å². The normalized spacial score (nSPS) is 24.3. The number of piperidine rings is 3. The number of nitrogens with one attached hydrogen (secondary N) is 9. The van der Waals surface area contributed by atoms with Crippen LogP contribution in [0.5, 0.6) is 0 Å². The number of hydrogen-bond donors (Lipinski definition) is 12. The van der Waals surface area contributed by atoms with Crippen molar-refractivity contribution in [3.05, 3.63) is 35.9 Å². The average molecular weight is 1920 g/mol. The van der Waals surface area contributed by atoms with Gasteiger partial charge in [-0.3, -0.25) is 57.5 Å². The van der Waals surface area contributed by atoms with Crippen molar-refractivity contribution in [2.24, 2.45) is 114 Å². The summed E-state index contributed by atoms with van der Waals surface area (Å²) >= 11 is 12.9. The van der Waals surface area contributed by atoms with E-state index in [0.29, 0.717) is 25.9 Å². The van der Waals surface area contributed by atoms with E-state index in [9.17, 15) is 86.3 Å². The molecule has 18 atom stereocenters. The highest BCUT2D eigenvalue weighted by atomic mass is 35.5. The van der Waals surface area contributed by atoms with Gasteiger partial charge in [0, 0.05) is 31.5 Å². The number of primary amides is 3. The summed E-state index contributed by atoms with van der Waals surface area (Å²) in [5, 5.41) is 24.5. The maximum absolute atomic E-state index is 14.2. The van der Waals surface area contributed by atoms with Gasteiger partial charge < -0.3 is 94.0 Å². The Hall–Kier alpha value is -9.74. The summed E-state index contributed by atoms with van der Waals surface area (Å²) in [6.45, 7) is 47.9. The van der Waals surface area contributed by atoms with Crippen molar-refractivity contribution < 1.29 is 101 Å². The number of nitrogens with two attached hydrogens (primary N) is 3. The van der Waals surface area contributed by atoms with E-state index in [4.69, 9.17) is 54.6 Å². The van der Waals surface area contributed by atoms with E-state index >= 15 is 0 Å².